The minimum atomic E-state index is -4.06. The van der Waals surface area contributed by atoms with Gasteiger partial charge in [0, 0.05) is 0 Å². The maximum Gasteiger partial charge on any atom is 0.412 e. The molecule has 0 amide bonds. The molecule has 4 nitrogen and oxygen atoms in total. The molecule has 2 aromatic carbocycles. The Labute approximate surface area is 123 Å². The van der Waals surface area contributed by atoms with E-state index in [0.717, 1.165) is 11.1 Å². The molecular formula is C14H9F2O4S-. The van der Waals surface area contributed by atoms with E-state index in [9.17, 15) is 18.8 Å². The van der Waals surface area contributed by atoms with Crippen LogP contribution in [0.2, 0.25) is 0 Å². The van der Waals surface area contributed by atoms with Crippen LogP contribution in [0.15, 0.2) is 54.6 Å². The number of alkyl halides is 2. The molecule has 0 radical (unpaired) electrons. The van der Waals surface area contributed by atoms with Crippen molar-refractivity contribution in [1.82, 2.24) is 0 Å². The molecule has 0 aromatic heterocycles. The monoisotopic (exact) mass is 311 g/mol. The zero-order valence-electron chi connectivity index (χ0n) is 10.5. The van der Waals surface area contributed by atoms with E-state index in [1.165, 1.54) is 12.1 Å². The van der Waals surface area contributed by atoms with E-state index in [2.05, 4.69) is 9.07 Å². The Hall–Kier alpha value is -1.96. The Bertz CT molecular complexity index is 602. The molecule has 7 heteroatoms. The van der Waals surface area contributed by atoms with Crippen LogP contribution in [-0.2, 0) is 9.13 Å². The van der Waals surface area contributed by atoms with Crippen molar-refractivity contribution in [1.29, 1.82) is 0 Å². The second-order valence-corrected chi connectivity index (χ2v) is 4.76. The molecule has 0 N–H and O–H groups in total. The predicted octanol–water partition coefficient (Wildman–Crippen LogP) is 2.79. The summed E-state index contributed by atoms with van der Waals surface area (Å²) in [6, 6.07) is 15.4. The molecule has 0 bridgehead atoms. The molecule has 0 unspecified atom stereocenters. The maximum absolute atomic E-state index is 13.0. The maximum atomic E-state index is 13.0. The number of carbonyl (C=O) groups is 1. The number of hydrogen-bond acceptors (Lipinski definition) is 5. The van der Waals surface area contributed by atoms with Crippen molar-refractivity contribution in [3.63, 3.8) is 0 Å². The summed E-state index contributed by atoms with van der Waals surface area (Å²) < 4.78 is 33.5. The summed E-state index contributed by atoms with van der Waals surface area (Å²) in [6.45, 7) is 0. The number of esters is 1. The van der Waals surface area contributed by atoms with Crippen LogP contribution in [0.25, 0.3) is 11.1 Å². The van der Waals surface area contributed by atoms with E-state index in [0.29, 0.717) is 0 Å². The molecule has 0 spiro atoms. The van der Waals surface area contributed by atoms with Gasteiger partial charge in [-0.25, -0.2) is 4.79 Å². The van der Waals surface area contributed by atoms with Gasteiger partial charge in [0.15, 0.2) is 0 Å². The van der Waals surface area contributed by atoms with Crippen molar-refractivity contribution in [2.24, 2.45) is 0 Å². The van der Waals surface area contributed by atoms with Gasteiger partial charge in [-0.1, -0.05) is 42.5 Å². The van der Waals surface area contributed by atoms with Gasteiger partial charge in [-0.15, -0.1) is 0 Å². The zero-order valence-corrected chi connectivity index (χ0v) is 11.3. The highest BCUT2D eigenvalue weighted by Crippen LogP contribution is 2.31. The van der Waals surface area contributed by atoms with Crippen LogP contribution in [0.4, 0.5) is 8.78 Å². The lowest BCUT2D eigenvalue weighted by atomic mass is 10.1. The first-order valence-corrected chi connectivity index (χ1v) is 6.50. The first-order chi connectivity index (χ1) is 10.0. The zero-order chi connectivity index (χ0) is 15.3. The minimum absolute atomic E-state index is 0.0501. The molecule has 110 valence electrons. The molecule has 2 aromatic rings. The summed E-state index contributed by atoms with van der Waals surface area (Å²) in [7, 11) is 0. The van der Waals surface area contributed by atoms with Crippen LogP contribution in [-0.4, -0.2) is 11.2 Å². The lowest BCUT2D eigenvalue weighted by Gasteiger charge is -2.15. The number of rotatable bonds is 5. The second kappa shape index (κ2) is 6.66. The highest BCUT2D eigenvalue weighted by atomic mass is 32.2. The number of halogens is 2. The third kappa shape index (κ3) is 4.01. The van der Waals surface area contributed by atoms with Gasteiger partial charge in [0.1, 0.15) is 5.75 Å². The predicted molar refractivity (Wildman–Crippen MR) is 71.1 cm³/mol. The molecule has 21 heavy (non-hydrogen) atoms. The first kappa shape index (κ1) is 15.4. The highest BCUT2D eigenvalue weighted by Gasteiger charge is 2.42. The van der Waals surface area contributed by atoms with Gasteiger partial charge in [-0.05, 0) is 23.3 Å². The molecule has 0 saturated heterocycles. The largest absolute Gasteiger partial charge is 0.710 e. The van der Waals surface area contributed by atoms with Crippen LogP contribution in [0.1, 0.15) is 0 Å². The van der Waals surface area contributed by atoms with Gasteiger partial charge in [0.25, 0.3) is 0 Å². The molecule has 0 atom stereocenters. The van der Waals surface area contributed by atoms with Crippen molar-refractivity contribution in [3.05, 3.63) is 54.6 Å². The molecule has 0 aliphatic carbocycles. The fourth-order valence-electron chi connectivity index (χ4n) is 1.59. The highest BCUT2D eigenvalue weighted by molar-refractivity contribution is 7.96. The Morgan fingerprint density at radius 1 is 1.00 bits per heavy atom. The molecular weight excluding hydrogens is 302 g/mol. The van der Waals surface area contributed by atoms with E-state index < -0.39 is 23.3 Å². The van der Waals surface area contributed by atoms with Crippen LogP contribution in [0.5, 0.6) is 5.75 Å². The van der Waals surface area contributed by atoms with Crippen LogP contribution in [0.3, 0.4) is 0 Å². The Balaban J connectivity index is 2.08. The van der Waals surface area contributed by atoms with Gasteiger partial charge < -0.3 is 14.3 Å². The fourth-order valence-corrected chi connectivity index (χ4v) is 1.78. The van der Waals surface area contributed by atoms with Crippen molar-refractivity contribution >= 4 is 18.0 Å². The Morgan fingerprint density at radius 3 is 2.14 bits per heavy atom. The van der Waals surface area contributed by atoms with E-state index in [1.807, 2.05) is 30.3 Å². The summed E-state index contributed by atoms with van der Waals surface area (Å²) >= 11 is -0.802. The average molecular weight is 311 g/mol. The Kier molecular flexibility index (Phi) is 4.89. The van der Waals surface area contributed by atoms with Crippen LogP contribution < -0.4 is 9.99 Å². The third-order valence-corrected chi connectivity index (χ3v) is 2.99. The molecule has 0 aliphatic rings. The second-order valence-electron chi connectivity index (χ2n) is 3.95. The number of hydrogen-bond donors (Lipinski definition) is 0. The van der Waals surface area contributed by atoms with Crippen molar-refractivity contribution in [3.8, 4) is 16.9 Å². The number of benzene rings is 2. The van der Waals surface area contributed by atoms with Crippen LogP contribution in [0, 0.1) is 0 Å². The normalized spacial score (nSPS) is 11.2. The fraction of sp³-hybridized carbons (Fsp3) is 0.0714. The molecule has 0 heterocycles. The van der Waals surface area contributed by atoms with E-state index in [4.69, 9.17) is 0 Å². The average Bonchev–Trinajstić information content (AvgIpc) is 2.49. The van der Waals surface area contributed by atoms with Gasteiger partial charge in [0.05, 0.1) is 12.0 Å². The molecule has 0 aliphatic heterocycles. The minimum Gasteiger partial charge on any atom is -0.710 e. The Morgan fingerprint density at radius 2 is 1.57 bits per heavy atom. The van der Waals surface area contributed by atoms with Gasteiger partial charge in [0.2, 0.25) is 0 Å². The van der Waals surface area contributed by atoms with E-state index in [1.54, 1.807) is 12.1 Å². The van der Waals surface area contributed by atoms with E-state index >= 15 is 0 Å². The summed E-state index contributed by atoms with van der Waals surface area (Å²) in [4.78, 5) is 11.2. The van der Waals surface area contributed by atoms with Crippen molar-refractivity contribution in [2.45, 2.75) is 5.25 Å². The summed E-state index contributed by atoms with van der Waals surface area (Å²) in [6.07, 6.45) is 0. The molecule has 0 saturated carbocycles. The third-order valence-electron chi connectivity index (χ3n) is 2.55. The summed E-state index contributed by atoms with van der Waals surface area (Å²) in [5.74, 6) is -1.92. The SMILES string of the molecule is O=C(Oc1ccc(-c2ccccc2)cc1)C(F)(F)SO[O-]. The van der Waals surface area contributed by atoms with E-state index in [-0.39, 0.29) is 5.75 Å². The van der Waals surface area contributed by atoms with Crippen LogP contribution >= 0.6 is 12.0 Å². The molecule has 2 rings (SSSR count). The number of ether oxygens (including phenoxy) is 1. The standard InChI is InChI=1S/C14H10F2O4S/c15-14(16,21-20-18)13(17)19-12-8-6-11(7-9-12)10-4-2-1-3-5-10/h1-9,18H/p-1. The van der Waals surface area contributed by atoms with Gasteiger partial charge >= 0.3 is 11.2 Å². The van der Waals surface area contributed by atoms with Crippen molar-refractivity contribution in [2.75, 3.05) is 0 Å². The smallest absolute Gasteiger partial charge is 0.412 e. The topological polar surface area (TPSA) is 58.6 Å². The molecule has 0 fully saturated rings. The quantitative estimate of drug-likeness (QED) is 0.279. The van der Waals surface area contributed by atoms with Gasteiger partial charge in [-0.3, -0.25) is 0 Å². The lowest BCUT2D eigenvalue weighted by molar-refractivity contribution is -0.630. The number of carbonyl (C=O) groups excluding carboxylic acids is 1. The van der Waals surface area contributed by atoms with Gasteiger partial charge in [-0.2, -0.15) is 8.78 Å². The van der Waals surface area contributed by atoms with Crippen molar-refractivity contribution < 1.29 is 27.9 Å². The first-order valence-electron chi connectivity index (χ1n) is 5.76. The summed E-state index contributed by atoms with van der Waals surface area (Å²) in [5.41, 5.74) is 1.79. The summed E-state index contributed by atoms with van der Waals surface area (Å²) in [5, 5.41) is 5.62. The lowest BCUT2D eigenvalue weighted by Crippen LogP contribution is -2.30.